The molecule has 2 saturated heterocycles. The van der Waals surface area contributed by atoms with E-state index in [9.17, 15) is 4.79 Å². The number of hydrazine groups is 1. The van der Waals surface area contributed by atoms with Crippen LogP contribution in [0.3, 0.4) is 0 Å². The minimum Gasteiger partial charge on any atom is -0.303 e. The fourth-order valence-corrected chi connectivity index (χ4v) is 3.05. The lowest BCUT2D eigenvalue weighted by Crippen LogP contribution is -2.40. The Morgan fingerprint density at radius 1 is 1.11 bits per heavy atom. The lowest BCUT2D eigenvalue weighted by molar-refractivity contribution is -0.121. The number of rotatable bonds is 5. The Morgan fingerprint density at radius 3 is 2.39 bits per heavy atom. The Kier molecular flexibility index (Phi) is 5.41. The van der Waals surface area contributed by atoms with Crippen molar-refractivity contribution in [2.45, 2.75) is 32.1 Å². The first-order chi connectivity index (χ1) is 8.78. The Balaban J connectivity index is 1.60. The minimum atomic E-state index is -0.0609. The van der Waals surface area contributed by atoms with Gasteiger partial charge in [0.1, 0.15) is 0 Å². The molecule has 0 unspecified atom stereocenters. The van der Waals surface area contributed by atoms with Gasteiger partial charge in [0, 0.05) is 19.5 Å². The van der Waals surface area contributed by atoms with E-state index in [1.807, 2.05) is 0 Å². The van der Waals surface area contributed by atoms with E-state index in [1.165, 1.54) is 45.3 Å². The molecule has 0 aromatic carbocycles. The monoisotopic (exact) mass is 254 g/mol. The molecule has 2 rings (SSSR count). The first kappa shape index (κ1) is 13.8. The molecular weight excluding hydrogens is 228 g/mol. The summed E-state index contributed by atoms with van der Waals surface area (Å²) in [6, 6.07) is 0. The molecule has 0 atom stereocenters. The fraction of sp³-hybridized carbons (Fsp3) is 0.923. The van der Waals surface area contributed by atoms with Crippen LogP contribution in [-0.4, -0.2) is 55.0 Å². The van der Waals surface area contributed by atoms with E-state index in [0.29, 0.717) is 6.42 Å². The zero-order valence-electron chi connectivity index (χ0n) is 11.2. The van der Waals surface area contributed by atoms with Crippen LogP contribution < -0.4 is 11.3 Å². The van der Waals surface area contributed by atoms with Crippen LogP contribution in [0.25, 0.3) is 0 Å². The first-order valence-electron chi connectivity index (χ1n) is 7.22. The number of likely N-dealkylation sites (tertiary alicyclic amines) is 2. The molecule has 2 fully saturated rings. The molecule has 0 saturated carbocycles. The third kappa shape index (κ3) is 4.23. The van der Waals surface area contributed by atoms with Gasteiger partial charge in [-0.2, -0.15) is 0 Å². The highest BCUT2D eigenvalue weighted by molar-refractivity contribution is 5.75. The molecule has 0 radical (unpaired) electrons. The molecule has 0 bridgehead atoms. The van der Waals surface area contributed by atoms with Gasteiger partial charge in [0.2, 0.25) is 5.91 Å². The molecule has 3 N–H and O–H groups in total. The van der Waals surface area contributed by atoms with Gasteiger partial charge in [-0.3, -0.25) is 10.2 Å². The number of amides is 1. The van der Waals surface area contributed by atoms with Crippen LogP contribution in [0.1, 0.15) is 32.1 Å². The van der Waals surface area contributed by atoms with Gasteiger partial charge in [0.25, 0.3) is 0 Å². The number of hydrogen-bond acceptors (Lipinski definition) is 4. The van der Waals surface area contributed by atoms with E-state index in [1.54, 1.807) is 0 Å². The lowest BCUT2D eigenvalue weighted by Gasteiger charge is -2.33. The number of piperidine rings is 1. The zero-order valence-corrected chi connectivity index (χ0v) is 11.2. The van der Waals surface area contributed by atoms with E-state index in [0.717, 1.165) is 25.6 Å². The van der Waals surface area contributed by atoms with E-state index in [2.05, 4.69) is 15.2 Å². The van der Waals surface area contributed by atoms with Crippen LogP contribution in [0.4, 0.5) is 0 Å². The van der Waals surface area contributed by atoms with Crippen molar-refractivity contribution < 1.29 is 4.79 Å². The van der Waals surface area contributed by atoms with Crippen molar-refractivity contribution >= 4 is 5.91 Å². The summed E-state index contributed by atoms with van der Waals surface area (Å²) < 4.78 is 0. The topological polar surface area (TPSA) is 61.6 Å². The van der Waals surface area contributed by atoms with Gasteiger partial charge < -0.3 is 9.80 Å². The Hall–Kier alpha value is -0.650. The highest BCUT2D eigenvalue weighted by Crippen LogP contribution is 2.20. The number of carbonyl (C=O) groups is 1. The third-order valence-electron chi connectivity index (χ3n) is 4.24. The Bertz CT molecular complexity index is 258. The molecule has 0 aromatic heterocycles. The maximum Gasteiger partial charge on any atom is 0.235 e. The molecule has 2 heterocycles. The maximum atomic E-state index is 11.1. The predicted molar refractivity (Wildman–Crippen MR) is 71.8 cm³/mol. The van der Waals surface area contributed by atoms with E-state index < -0.39 is 0 Å². The minimum absolute atomic E-state index is 0.0609. The van der Waals surface area contributed by atoms with Crippen LogP contribution in [0, 0.1) is 5.92 Å². The van der Waals surface area contributed by atoms with Crippen LogP contribution in [-0.2, 0) is 4.79 Å². The predicted octanol–water partition coefficient (Wildman–Crippen LogP) is 0.174. The van der Waals surface area contributed by atoms with Crippen molar-refractivity contribution in [2.24, 2.45) is 11.8 Å². The molecule has 2 aliphatic rings. The molecule has 0 aromatic rings. The summed E-state index contributed by atoms with van der Waals surface area (Å²) in [4.78, 5) is 16.1. The number of nitrogens with one attached hydrogen (secondary N) is 1. The van der Waals surface area contributed by atoms with Gasteiger partial charge in [-0.1, -0.05) is 0 Å². The van der Waals surface area contributed by atoms with Gasteiger partial charge in [0.05, 0.1) is 0 Å². The van der Waals surface area contributed by atoms with Crippen molar-refractivity contribution in [3.8, 4) is 0 Å². The number of carbonyl (C=O) groups excluding carboxylic acids is 1. The standard InChI is InChI=1S/C13H26N4O/c14-15-13(18)5-10-16-8-3-12(4-9-16)11-17-6-1-2-7-17/h12H,1-11,14H2,(H,15,18). The molecule has 1 amide bonds. The highest BCUT2D eigenvalue weighted by atomic mass is 16.2. The lowest BCUT2D eigenvalue weighted by atomic mass is 9.96. The second-order valence-corrected chi connectivity index (χ2v) is 5.61. The summed E-state index contributed by atoms with van der Waals surface area (Å²) in [6.45, 7) is 7.01. The molecule has 0 aliphatic carbocycles. The summed E-state index contributed by atoms with van der Waals surface area (Å²) in [7, 11) is 0. The number of nitrogens with zero attached hydrogens (tertiary/aromatic N) is 2. The van der Waals surface area contributed by atoms with E-state index >= 15 is 0 Å². The Labute approximate surface area is 110 Å². The second kappa shape index (κ2) is 7.07. The number of nitrogens with two attached hydrogens (primary N) is 1. The van der Waals surface area contributed by atoms with Gasteiger partial charge in [-0.05, 0) is 57.8 Å². The summed E-state index contributed by atoms with van der Waals surface area (Å²) in [6.07, 6.45) is 5.84. The summed E-state index contributed by atoms with van der Waals surface area (Å²) in [5.74, 6) is 5.88. The van der Waals surface area contributed by atoms with Crippen molar-refractivity contribution in [3.63, 3.8) is 0 Å². The molecule has 104 valence electrons. The average molecular weight is 254 g/mol. The van der Waals surface area contributed by atoms with Crippen molar-refractivity contribution in [2.75, 3.05) is 39.3 Å². The average Bonchev–Trinajstić information content (AvgIpc) is 2.90. The molecule has 0 spiro atoms. The summed E-state index contributed by atoms with van der Waals surface area (Å²) in [5.41, 5.74) is 2.19. The quantitative estimate of drug-likeness (QED) is 0.417. The van der Waals surface area contributed by atoms with Crippen molar-refractivity contribution in [1.29, 1.82) is 0 Å². The fourth-order valence-electron chi connectivity index (χ4n) is 3.05. The van der Waals surface area contributed by atoms with Gasteiger partial charge >= 0.3 is 0 Å². The van der Waals surface area contributed by atoms with Gasteiger partial charge in [0.15, 0.2) is 0 Å². The third-order valence-corrected chi connectivity index (χ3v) is 4.24. The van der Waals surface area contributed by atoms with Crippen LogP contribution in [0.2, 0.25) is 0 Å². The molecular formula is C13H26N4O. The van der Waals surface area contributed by atoms with Crippen LogP contribution >= 0.6 is 0 Å². The second-order valence-electron chi connectivity index (χ2n) is 5.61. The van der Waals surface area contributed by atoms with Crippen molar-refractivity contribution in [1.82, 2.24) is 15.2 Å². The number of hydrogen-bond donors (Lipinski definition) is 2. The maximum absolute atomic E-state index is 11.1. The van der Waals surface area contributed by atoms with Crippen molar-refractivity contribution in [3.05, 3.63) is 0 Å². The largest absolute Gasteiger partial charge is 0.303 e. The SMILES string of the molecule is NNC(=O)CCN1CCC(CN2CCCC2)CC1. The highest BCUT2D eigenvalue weighted by Gasteiger charge is 2.22. The Morgan fingerprint density at radius 2 is 1.78 bits per heavy atom. The smallest absolute Gasteiger partial charge is 0.235 e. The summed E-state index contributed by atoms with van der Waals surface area (Å²) in [5, 5.41) is 0. The summed E-state index contributed by atoms with van der Waals surface area (Å²) >= 11 is 0. The van der Waals surface area contributed by atoms with Gasteiger partial charge in [-0.25, -0.2) is 5.84 Å². The first-order valence-corrected chi connectivity index (χ1v) is 7.22. The van der Waals surface area contributed by atoms with Gasteiger partial charge in [-0.15, -0.1) is 0 Å². The molecule has 18 heavy (non-hydrogen) atoms. The normalized spacial score (nSPS) is 23.4. The van der Waals surface area contributed by atoms with E-state index in [-0.39, 0.29) is 5.91 Å². The molecule has 2 aliphatic heterocycles. The zero-order chi connectivity index (χ0) is 12.8. The van der Waals surface area contributed by atoms with E-state index in [4.69, 9.17) is 5.84 Å². The molecule has 5 nitrogen and oxygen atoms in total. The van der Waals surface area contributed by atoms with Crippen LogP contribution in [0.15, 0.2) is 0 Å². The van der Waals surface area contributed by atoms with Crippen LogP contribution in [0.5, 0.6) is 0 Å². The molecule has 5 heteroatoms.